The molecule has 0 aliphatic heterocycles. The topological polar surface area (TPSA) is 32.3 Å². The van der Waals surface area contributed by atoms with Gasteiger partial charge in [0.25, 0.3) is 0 Å². The second kappa shape index (κ2) is 5.28. The van der Waals surface area contributed by atoms with E-state index in [0.29, 0.717) is 11.3 Å². The third kappa shape index (κ3) is 3.12. The Hall–Kier alpha value is -2.43. The van der Waals surface area contributed by atoms with E-state index in [1.165, 1.54) is 12.1 Å². The molecular formula is C15H12F3NO. The fraction of sp³-hybridized carbons (Fsp3) is 0.0667. The van der Waals surface area contributed by atoms with Gasteiger partial charge in [-0.25, -0.2) is 0 Å². The predicted octanol–water partition coefficient (Wildman–Crippen LogP) is 4.98. The quantitative estimate of drug-likeness (QED) is 0.777. The van der Waals surface area contributed by atoms with Crippen LogP contribution in [0.3, 0.4) is 0 Å². The van der Waals surface area contributed by atoms with Crippen LogP contribution in [-0.4, -0.2) is 5.11 Å². The first-order chi connectivity index (χ1) is 9.38. The molecule has 0 saturated heterocycles. The van der Waals surface area contributed by atoms with Crippen molar-refractivity contribution in [3.8, 4) is 0 Å². The molecule has 0 aromatic heterocycles. The highest BCUT2D eigenvalue weighted by atomic mass is 19.4. The van der Waals surface area contributed by atoms with Gasteiger partial charge in [0.1, 0.15) is 5.76 Å². The monoisotopic (exact) mass is 279 g/mol. The smallest absolute Gasteiger partial charge is 0.416 e. The van der Waals surface area contributed by atoms with E-state index in [1.54, 1.807) is 24.3 Å². The zero-order valence-corrected chi connectivity index (χ0v) is 10.4. The summed E-state index contributed by atoms with van der Waals surface area (Å²) in [6.45, 7) is 3.42. The average Bonchev–Trinajstić information content (AvgIpc) is 2.38. The maximum Gasteiger partial charge on any atom is 0.416 e. The Labute approximate surface area is 114 Å². The highest BCUT2D eigenvalue weighted by Gasteiger charge is 2.30. The van der Waals surface area contributed by atoms with Crippen molar-refractivity contribution in [3.63, 3.8) is 0 Å². The molecule has 2 aromatic carbocycles. The Morgan fingerprint density at radius 1 is 1.05 bits per heavy atom. The van der Waals surface area contributed by atoms with Gasteiger partial charge < -0.3 is 10.4 Å². The number of rotatable bonds is 3. The predicted molar refractivity (Wildman–Crippen MR) is 72.8 cm³/mol. The van der Waals surface area contributed by atoms with Crippen LogP contribution in [0.25, 0.3) is 5.76 Å². The van der Waals surface area contributed by atoms with Crippen LogP contribution in [0.4, 0.5) is 24.5 Å². The fourth-order valence-corrected chi connectivity index (χ4v) is 1.77. The van der Waals surface area contributed by atoms with Gasteiger partial charge in [-0.1, -0.05) is 24.8 Å². The van der Waals surface area contributed by atoms with Crippen LogP contribution in [0.2, 0.25) is 0 Å². The number of alkyl halides is 3. The average molecular weight is 279 g/mol. The van der Waals surface area contributed by atoms with Gasteiger partial charge in [0.05, 0.1) is 5.56 Å². The third-order valence-corrected chi connectivity index (χ3v) is 2.71. The van der Waals surface area contributed by atoms with Gasteiger partial charge in [-0.2, -0.15) is 13.2 Å². The van der Waals surface area contributed by atoms with Crippen molar-refractivity contribution in [1.29, 1.82) is 0 Å². The summed E-state index contributed by atoms with van der Waals surface area (Å²) in [6.07, 6.45) is -4.39. The minimum atomic E-state index is -4.39. The van der Waals surface area contributed by atoms with Gasteiger partial charge >= 0.3 is 6.18 Å². The van der Waals surface area contributed by atoms with Gasteiger partial charge in [-0.15, -0.1) is 0 Å². The molecular weight excluding hydrogens is 267 g/mol. The van der Waals surface area contributed by atoms with Crippen LogP contribution in [0.1, 0.15) is 11.1 Å². The first-order valence-corrected chi connectivity index (χ1v) is 5.79. The SMILES string of the molecule is C=C(O)c1ccccc1Nc1cccc(C(F)(F)F)c1. The molecule has 0 amide bonds. The molecule has 0 atom stereocenters. The molecule has 20 heavy (non-hydrogen) atoms. The molecule has 0 aliphatic rings. The highest BCUT2D eigenvalue weighted by Crippen LogP contribution is 2.32. The van der Waals surface area contributed by atoms with E-state index in [0.717, 1.165) is 12.1 Å². The van der Waals surface area contributed by atoms with Gasteiger partial charge in [0.2, 0.25) is 0 Å². The first-order valence-electron chi connectivity index (χ1n) is 5.79. The molecule has 2 N–H and O–H groups in total. The van der Waals surface area contributed by atoms with Crippen molar-refractivity contribution in [3.05, 3.63) is 66.2 Å². The Bertz CT molecular complexity index is 635. The summed E-state index contributed by atoms with van der Waals surface area (Å²) in [4.78, 5) is 0. The molecule has 0 radical (unpaired) electrons. The van der Waals surface area contributed by atoms with Gasteiger partial charge in [-0.05, 0) is 30.3 Å². The minimum Gasteiger partial charge on any atom is -0.508 e. The van der Waals surface area contributed by atoms with Gasteiger partial charge in [0, 0.05) is 16.9 Å². The minimum absolute atomic E-state index is 0.153. The van der Waals surface area contributed by atoms with Gasteiger partial charge in [-0.3, -0.25) is 0 Å². The number of aliphatic hydroxyl groups excluding tert-OH is 1. The molecule has 104 valence electrons. The molecule has 0 unspecified atom stereocenters. The van der Waals surface area contributed by atoms with Crippen molar-refractivity contribution in [1.82, 2.24) is 0 Å². The summed E-state index contributed by atoms with van der Waals surface area (Å²) >= 11 is 0. The van der Waals surface area contributed by atoms with Crippen LogP contribution >= 0.6 is 0 Å². The maximum atomic E-state index is 12.6. The molecule has 0 spiro atoms. The number of hydrogen-bond acceptors (Lipinski definition) is 2. The number of halogens is 3. The van der Waals surface area contributed by atoms with Crippen molar-refractivity contribution in [2.75, 3.05) is 5.32 Å². The largest absolute Gasteiger partial charge is 0.508 e. The summed E-state index contributed by atoms with van der Waals surface area (Å²) in [7, 11) is 0. The lowest BCUT2D eigenvalue weighted by Crippen LogP contribution is -2.05. The second-order valence-electron chi connectivity index (χ2n) is 4.20. The third-order valence-electron chi connectivity index (χ3n) is 2.71. The zero-order valence-electron chi connectivity index (χ0n) is 10.4. The Morgan fingerprint density at radius 2 is 1.75 bits per heavy atom. The fourth-order valence-electron chi connectivity index (χ4n) is 1.77. The van der Waals surface area contributed by atoms with E-state index in [1.807, 2.05) is 0 Å². The van der Waals surface area contributed by atoms with Crippen LogP contribution in [0, 0.1) is 0 Å². The Kier molecular flexibility index (Phi) is 3.70. The summed E-state index contributed by atoms with van der Waals surface area (Å²) in [5.74, 6) is -0.153. The van der Waals surface area contributed by atoms with E-state index in [2.05, 4.69) is 11.9 Å². The summed E-state index contributed by atoms with van der Waals surface area (Å²) in [5.41, 5.74) is 0.473. The van der Waals surface area contributed by atoms with E-state index in [-0.39, 0.29) is 11.4 Å². The molecule has 0 saturated carbocycles. The van der Waals surface area contributed by atoms with Crippen molar-refractivity contribution in [2.45, 2.75) is 6.18 Å². The number of para-hydroxylation sites is 1. The van der Waals surface area contributed by atoms with E-state index < -0.39 is 11.7 Å². The summed E-state index contributed by atoms with van der Waals surface area (Å²) in [5, 5.41) is 12.3. The number of hydrogen-bond donors (Lipinski definition) is 2. The van der Waals surface area contributed by atoms with Crippen molar-refractivity contribution < 1.29 is 18.3 Å². The first kappa shape index (κ1) is 14.0. The van der Waals surface area contributed by atoms with Crippen LogP contribution in [-0.2, 0) is 6.18 Å². The van der Waals surface area contributed by atoms with Crippen LogP contribution < -0.4 is 5.32 Å². The number of anilines is 2. The molecule has 0 fully saturated rings. The molecule has 5 heteroatoms. The molecule has 0 heterocycles. The number of aliphatic hydroxyl groups is 1. The molecule has 2 nitrogen and oxygen atoms in total. The highest BCUT2D eigenvalue weighted by molar-refractivity contribution is 5.74. The van der Waals surface area contributed by atoms with E-state index in [9.17, 15) is 18.3 Å². The molecule has 2 rings (SSSR count). The lowest BCUT2D eigenvalue weighted by molar-refractivity contribution is -0.137. The second-order valence-corrected chi connectivity index (χ2v) is 4.20. The van der Waals surface area contributed by atoms with E-state index >= 15 is 0 Å². The Balaban J connectivity index is 2.34. The molecule has 0 aliphatic carbocycles. The number of benzene rings is 2. The zero-order chi connectivity index (χ0) is 14.8. The standard InChI is InChI=1S/C15H12F3NO/c1-10(20)13-7-2-3-8-14(13)19-12-6-4-5-11(9-12)15(16,17)18/h2-9,19-20H,1H2. The molecule has 0 bridgehead atoms. The number of nitrogens with one attached hydrogen (secondary N) is 1. The van der Waals surface area contributed by atoms with E-state index in [4.69, 9.17) is 0 Å². The van der Waals surface area contributed by atoms with Crippen molar-refractivity contribution >= 4 is 17.1 Å². The van der Waals surface area contributed by atoms with Crippen LogP contribution in [0.15, 0.2) is 55.1 Å². The molecule has 2 aromatic rings. The summed E-state index contributed by atoms with van der Waals surface area (Å²) in [6, 6.07) is 11.5. The normalized spacial score (nSPS) is 11.2. The lowest BCUT2D eigenvalue weighted by Gasteiger charge is -2.13. The van der Waals surface area contributed by atoms with Crippen LogP contribution in [0.5, 0.6) is 0 Å². The lowest BCUT2D eigenvalue weighted by atomic mass is 10.1. The Morgan fingerprint density at radius 3 is 2.40 bits per heavy atom. The van der Waals surface area contributed by atoms with Crippen molar-refractivity contribution in [2.24, 2.45) is 0 Å². The maximum absolute atomic E-state index is 12.6. The van der Waals surface area contributed by atoms with Gasteiger partial charge in [0.15, 0.2) is 0 Å². The summed E-state index contributed by atoms with van der Waals surface area (Å²) < 4.78 is 37.9.